The summed E-state index contributed by atoms with van der Waals surface area (Å²) in [5.74, 6) is -1.05. The number of hydrogen-bond donors (Lipinski definition) is 2. The summed E-state index contributed by atoms with van der Waals surface area (Å²) in [4.78, 5) is 24.6. The Morgan fingerprint density at radius 3 is 2.68 bits per heavy atom. The number of nitrogens with one attached hydrogen (secondary N) is 2. The molecule has 28 heavy (non-hydrogen) atoms. The van der Waals surface area contributed by atoms with Gasteiger partial charge in [-0.25, -0.2) is 4.79 Å². The van der Waals surface area contributed by atoms with Crippen molar-refractivity contribution in [1.82, 2.24) is 5.32 Å². The molecule has 1 aliphatic heterocycles. The molecule has 1 atom stereocenters. The molecule has 2 N–H and O–H groups in total. The smallest absolute Gasteiger partial charge is 0.416 e. The van der Waals surface area contributed by atoms with E-state index >= 15 is 0 Å². The Labute approximate surface area is 159 Å². The average Bonchev–Trinajstić information content (AvgIpc) is 2.86. The van der Waals surface area contributed by atoms with Crippen molar-refractivity contribution in [2.24, 2.45) is 0 Å². The molecule has 1 amide bonds. The molecule has 2 aromatic carbocycles. The molecule has 148 valence electrons. The first-order valence-electron chi connectivity index (χ1n) is 8.86. The van der Waals surface area contributed by atoms with E-state index in [0.717, 1.165) is 25.0 Å². The Morgan fingerprint density at radius 2 is 1.89 bits per heavy atom. The number of hydrogen-bond acceptors (Lipinski definition) is 4. The van der Waals surface area contributed by atoms with Gasteiger partial charge in [-0.05, 0) is 49.6 Å². The van der Waals surface area contributed by atoms with Crippen molar-refractivity contribution < 1.29 is 27.5 Å². The Morgan fingerprint density at radius 1 is 1.11 bits per heavy atom. The molecule has 0 aliphatic carbocycles. The van der Waals surface area contributed by atoms with Gasteiger partial charge >= 0.3 is 12.1 Å². The number of esters is 1. The Balaban J connectivity index is 1.79. The van der Waals surface area contributed by atoms with Crippen molar-refractivity contribution in [2.75, 3.05) is 11.9 Å². The van der Waals surface area contributed by atoms with Crippen LogP contribution in [0.1, 0.15) is 35.2 Å². The van der Waals surface area contributed by atoms with Crippen LogP contribution in [0.2, 0.25) is 0 Å². The maximum absolute atomic E-state index is 12.9. The summed E-state index contributed by atoms with van der Waals surface area (Å²) in [7, 11) is 0. The van der Waals surface area contributed by atoms with E-state index in [4.69, 9.17) is 4.74 Å². The first-order chi connectivity index (χ1) is 13.3. The topological polar surface area (TPSA) is 67.4 Å². The first kappa shape index (κ1) is 19.7. The van der Waals surface area contributed by atoms with Crippen LogP contribution in [-0.2, 0) is 15.7 Å². The molecular weight excluding hydrogens is 373 g/mol. The third kappa shape index (κ3) is 4.82. The van der Waals surface area contributed by atoms with Crippen LogP contribution in [-0.4, -0.2) is 24.5 Å². The van der Waals surface area contributed by atoms with Crippen molar-refractivity contribution in [3.05, 3.63) is 59.7 Å². The molecule has 0 aromatic heterocycles. The van der Waals surface area contributed by atoms with Gasteiger partial charge in [0.15, 0.2) is 6.10 Å². The van der Waals surface area contributed by atoms with Gasteiger partial charge in [0.05, 0.1) is 16.8 Å². The van der Waals surface area contributed by atoms with E-state index in [2.05, 4.69) is 10.6 Å². The van der Waals surface area contributed by atoms with Gasteiger partial charge in [0.2, 0.25) is 0 Å². The van der Waals surface area contributed by atoms with Crippen LogP contribution >= 0.6 is 0 Å². The lowest BCUT2D eigenvalue weighted by atomic mass is 10.1. The van der Waals surface area contributed by atoms with Crippen LogP contribution in [0.5, 0.6) is 0 Å². The zero-order valence-corrected chi connectivity index (χ0v) is 14.9. The number of carbonyl (C=O) groups excluding carboxylic acids is 2. The van der Waals surface area contributed by atoms with E-state index < -0.39 is 23.8 Å². The molecule has 2 aromatic rings. The number of anilines is 2. The number of para-hydroxylation sites is 1. The normalized spacial score (nSPS) is 17.4. The third-order valence-corrected chi connectivity index (χ3v) is 4.35. The van der Waals surface area contributed by atoms with Gasteiger partial charge in [-0.15, -0.1) is 0 Å². The Kier molecular flexibility index (Phi) is 5.87. The molecule has 0 bridgehead atoms. The van der Waals surface area contributed by atoms with E-state index in [9.17, 15) is 22.8 Å². The zero-order valence-electron chi connectivity index (χ0n) is 14.9. The van der Waals surface area contributed by atoms with Gasteiger partial charge < -0.3 is 15.4 Å². The lowest BCUT2D eigenvalue weighted by Crippen LogP contribution is -2.36. The van der Waals surface area contributed by atoms with E-state index in [1.807, 2.05) is 0 Å². The Bertz CT molecular complexity index is 868. The summed E-state index contributed by atoms with van der Waals surface area (Å²) in [6.07, 6.45) is -3.35. The van der Waals surface area contributed by atoms with Crippen LogP contribution in [0.3, 0.4) is 0 Å². The maximum Gasteiger partial charge on any atom is 0.416 e. The molecule has 0 radical (unpaired) electrons. The molecule has 0 saturated carbocycles. The van der Waals surface area contributed by atoms with Gasteiger partial charge in [-0.3, -0.25) is 4.79 Å². The van der Waals surface area contributed by atoms with Crippen molar-refractivity contribution in [3.8, 4) is 0 Å². The summed E-state index contributed by atoms with van der Waals surface area (Å²) < 4.78 is 44.1. The lowest BCUT2D eigenvalue weighted by molar-refractivity contribution is -0.137. The predicted molar refractivity (Wildman–Crippen MR) is 97.2 cm³/mol. The number of rotatable bonds is 4. The molecule has 5 nitrogen and oxygen atoms in total. The summed E-state index contributed by atoms with van der Waals surface area (Å²) in [5, 5.41) is 5.51. The minimum Gasteiger partial charge on any atom is -0.449 e. The molecule has 1 saturated heterocycles. The summed E-state index contributed by atoms with van der Waals surface area (Å²) in [6.45, 7) is 0.542. The van der Waals surface area contributed by atoms with Crippen LogP contribution in [0.25, 0.3) is 0 Å². The van der Waals surface area contributed by atoms with Crippen molar-refractivity contribution in [3.63, 3.8) is 0 Å². The highest BCUT2D eigenvalue weighted by atomic mass is 19.4. The van der Waals surface area contributed by atoms with E-state index in [0.29, 0.717) is 18.7 Å². The lowest BCUT2D eigenvalue weighted by Gasteiger charge is -2.17. The van der Waals surface area contributed by atoms with Crippen molar-refractivity contribution in [1.29, 1.82) is 0 Å². The first-order valence-corrected chi connectivity index (χ1v) is 8.86. The van der Waals surface area contributed by atoms with Gasteiger partial charge in [0, 0.05) is 12.2 Å². The third-order valence-electron chi connectivity index (χ3n) is 4.35. The van der Waals surface area contributed by atoms with Gasteiger partial charge in [0.25, 0.3) is 5.91 Å². The minimum absolute atomic E-state index is 0.136. The van der Waals surface area contributed by atoms with Crippen molar-refractivity contribution >= 4 is 23.3 Å². The highest BCUT2D eigenvalue weighted by molar-refractivity contribution is 5.98. The molecule has 1 unspecified atom stereocenters. The molecule has 1 heterocycles. The fraction of sp³-hybridized carbons (Fsp3) is 0.300. The fourth-order valence-corrected chi connectivity index (χ4v) is 2.92. The second-order valence-corrected chi connectivity index (χ2v) is 6.43. The fourth-order valence-electron chi connectivity index (χ4n) is 2.92. The number of alkyl halides is 3. The minimum atomic E-state index is -4.47. The largest absolute Gasteiger partial charge is 0.449 e. The summed E-state index contributed by atoms with van der Waals surface area (Å²) in [5.41, 5.74) is -0.187. The standard InChI is InChI=1S/C20H19F3N2O3/c21-20(22,23)13-6-5-7-14(12-13)25-16-9-2-1-8-15(16)19(27)28-17-10-3-4-11-24-18(17)26/h1-2,5-9,12,17,25H,3-4,10-11H2,(H,24,26). The molecular formula is C20H19F3N2O3. The number of ether oxygens (including phenoxy) is 1. The monoisotopic (exact) mass is 392 g/mol. The zero-order chi connectivity index (χ0) is 20.1. The number of carbonyl (C=O) groups is 2. The summed E-state index contributed by atoms with van der Waals surface area (Å²) in [6, 6.07) is 11.0. The highest BCUT2D eigenvalue weighted by Crippen LogP contribution is 2.32. The van der Waals surface area contributed by atoms with E-state index in [-0.39, 0.29) is 17.2 Å². The average molecular weight is 392 g/mol. The van der Waals surface area contributed by atoms with E-state index in [1.165, 1.54) is 18.2 Å². The molecule has 0 spiro atoms. The van der Waals surface area contributed by atoms with Crippen LogP contribution in [0.15, 0.2) is 48.5 Å². The SMILES string of the molecule is O=C(OC1CCCCNC1=O)c1ccccc1Nc1cccc(C(F)(F)F)c1. The highest BCUT2D eigenvalue weighted by Gasteiger charge is 2.30. The second-order valence-electron chi connectivity index (χ2n) is 6.43. The van der Waals surface area contributed by atoms with Gasteiger partial charge in [-0.1, -0.05) is 18.2 Å². The predicted octanol–water partition coefficient (Wildman–Crippen LogP) is 4.27. The molecule has 1 fully saturated rings. The van der Waals surface area contributed by atoms with Crippen LogP contribution in [0.4, 0.5) is 24.5 Å². The van der Waals surface area contributed by atoms with Crippen LogP contribution < -0.4 is 10.6 Å². The number of benzene rings is 2. The molecule has 3 rings (SSSR count). The molecule has 8 heteroatoms. The van der Waals surface area contributed by atoms with E-state index in [1.54, 1.807) is 18.2 Å². The van der Waals surface area contributed by atoms with Gasteiger partial charge in [-0.2, -0.15) is 13.2 Å². The van der Waals surface area contributed by atoms with Gasteiger partial charge in [0.1, 0.15) is 0 Å². The van der Waals surface area contributed by atoms with Crippen molar-refractivity contribution in [2.45, 2.75) is 31.5 Å². The number of halogens is 3. The summed E-state index contributed by atoms with van der Waals surface area (Å²) >= 11 is 0. The maximum atomic E-state index is 12.9. The Hall–Kier alpha value is -3.03. The number of amides is 1. The molecule has 1 aliphatic rings. The van der Waals surface area contributed by atoms with Crippen LogP contribution in [0, 0.1) is 0 Å². The quantitative estimate of drug-likeness (QED) is 0.763. The second kappa shape index (κ2) is 8.33.